The molecule has 0 fully saturated rings. The molecular weight excluding hydrogens is 1190 g/mol. The van der Waals surface area contributed by atoms with Crippen LogP contribution in [0, 0.1) is 0 Å². The lowest BCUT2D eigenvalue weighted by Crippen LogP contribution is -2.24. The van der Waals surface area contributed by atoms with Crippen molar-refractivity contribution in [2.24, 2.45) is 5.73 Å². The topological polar surface area (TPSA) is 457 Å². The zero-order valence-corrected chi connectivity index (χ0v) is 53.5. The second-order valence-corrected chi connectivity index (χ2v) is 13.0. The Labute approximate surface area is 529 Å². The van der Waals surface area contributed by atoms with Crippen LogP contribution in [-0.2, 0) is 90.6 Å². The van der Waals surface area contributed by atoms with Gasteiger partial charge in [-0.2, -0.15) is 0 Å². The summed E-state index contributed by atoms with van der Waals surface area (Å²) in [7, 11) is 14.9. The van der Waals surface area contributed by atoms with Gasteiger partial charge >= 0.3 is 53.7 Å². The van der Waals surface area contributed by atoms with Crippen LogP contribution in [0.25, 0.3) is 0 Å². The van der Waals surface area contributed by atoms with Crippen LogP contribution in [0.3, 0.4) is 0 Å². The summed E-state index contributed by atoms with van der Waals surface area (Å²) in [6, 6.07) is 0. The third-order valence-corrected chi connectivity index (χ3v) is 6.91. The number of halogens is 1. The van der Waals surface area contributed by atoms with Gasteiger partial charge in [-0.25, -0.2) is 28.8 Å². The minimum atomic E-state index is -0.509. The number of hydrogen-bond acceptors (Lipinski definition) is 30. The van der Waals surface area contributed by atoms with E-state index in [-0.39, 0.29) is 78.8 Å². The molecule has 88 heavy (non-hydrogen) atoms. The highest BCUT2D eigenvalue weighted by Crippen LogP contribution is 1.85. The quantitative estimate of drug-likeness (QED) is 0.0173. The van der Waals surface area contributed by atoms with Gasteiger partial charge in [0.2, 0.25) is 5.24 Å². The first kappa shape index (κ1) is 123. The summed E-state index contributed by atoms with van der Waals surface area (Å²) in [5.74, 6) is -3.13. The average molecular weight is 1310 g/mol. The molecule has 0 saturated carbocycles. The second-order valence-electron chi connectivity index (χ2n) is 12.6. The summed E-state index contributed by atoms with van der Waals surface area (Å²) in [5.41, 5.74) is 5.10. The number of hydrogen-bond donors (Lipinski definition) is 11. The molecule has 0 saturated heterocycles. The number of aliphatic hydroxyl groups is 7. The Bertz CT molecular complexity index is 1360. The highest BCUT2D eigenvalue weighted by Gasteiger charge is 1.98. The predicted octanol–water partition coefficient (Wildman–Crippen LogP) is 1.39. The van der Waals surface area contributed by atoms with Crippen molar-refractivity contribution in [2.75, 3.05) is 158 Å². The Balaban J connectivity index is -0.0000000463. The SMILES string of the molecule is C.C.C=CC(=O)Cl.C=CC(=O)OC.C=CC(=O)OC.C=CC(=O)OC.C=CC(=O)OC.C=CC(=O)OC.C=CC(=O)OC.CO.CO.CO.COC(=O)CNCCCCO.COC(=O)CNCCCCO.COC(=O)CNCCCCO.NCCCCO. The van der Waals surface area contributed by atoms with Crippen LogP contribution >= 0.6 is 11.6 Å². The lowest BCUT2D eigenvalue weighted by atomic mass is 10.3. The standard InChI is InChI=1S/3C7H15NO3.C4H11NO.6C4H6O2.C3H3ClO.3CH4O.2CH4/c3*1-11-7(10)6-8-4-2-3-5-9;5-3-1-2-4-6;6*1-3-4(5)6-2;1-2-3(4)5;3*1-2;;/h3*8-9H,2-6H2,1H3;6H,1-5H2;6*3H,1H2,2H3;2H,1H2;3*2H,1H3;2*1H4. The molecule has 0 aliphatic heterocycles. The Morgan fingerprint density at radius 3 is 0.580 bits per heavy atom. The number of carbonyl (C=O) groups is 10. The predicted molar refractivity (Wildman–Crippen MR) is 341 cm³/mol. The van der Waals surface area contributed by atoms with E-state index in [1.54, 1.807) is 0 Å². The number of nitrogens with two attached hydrogens (primary N) is 1. The highest BCUT2D eigenvalue weighted by atomic mass is 35.5. The first-order chi connectivity index (χ1) is 41.0. The van der Waals surface area contributed by atoms with E-state index < -0.39 is 41.1 Å². The van der Waals surface area contributed by atoms with E-state index in [4.69, 9.17) is 53.1 Å². The normalized spacial score (nSPS) is 7.60. The van der Waals surface area contributed by atoms with Crippen LogP contribution in [0.15, 0.2) is 88.6 Å². The molecule has 526 valence electrons. The highest BCUT2D eigenvalue weighted by molar-refractivity contribution is 6.66. The van der Waals surface area contributed by atoms with E-state index in [0.29, 0.717) is 6.54 Å². The van der Waals surface area contributed by atoms with E-state index in [1.807, 2.05) is 0 Å². The Kier molecular flexibility index (Phi) is 187. The summed E-state index contributed by atoms with van der Waals surface area (Å²) in [4.78, 5) is 100. The molecule has 0 amide bonds. The van der Waals surface area contributed by atoms with E-state index >= 15 is 0 Å². The smallest absolute Gasteiger partial charge is 0.329 e. The Morgan fingerprint density at radius 1 is 0.341 bits per heavy atom. The summed E-state index contributed by atoms with van der Waals surface area (Å²) in [6.45, 7) is 26.6. The molecule has 0 spiro atoms. The summed E-state index contributed by atoms with van der Waals surface area (Å²) >= 11 is 4.71. The van der Waals surface area contributed by atoms with Gasteiger partial charge in [0.25, 0.3) is 0 Å². The number of esters is 9. The van der Waals surface area contributed by atoms with Crippen LogP contribution in [0.5, 0.6) is 0 Å². The number of rotatable bonds is 28. The fourth-order valence-corrected chi connectivity index (χ4v) is 2.63. The fourth-order valence-electron chi connectivity index (χ4n) is 2.63. The molecule has 0 aliphatic carbocycles. The number of ether oxygens (including phenoxy) is 9. The monoisotopic (exact) mass is 1310 g/mol. The number of carbonyl (C=O) groups excluding carboxylic acids is 10. The number of unbranched alkanes of at least 4 members (excludes halogenated alkanes) is 4. The van der Waals surface area contributed by atoms with E-state index in [1.165, 1.54) is 64.0 Å². The van der Waals surface area contributed by atoms with Crippen molar-refractivity contribution < 1.29 is 126 Å². The molecule has 31 heteroatoms. The maximum absolute atomic E-state index is 10.5. The van der Waals surface area contributed by atoms with Crippen LogP contribution in [0.1, 0.15) is 66.2 Å². The molecule has 0 bridgehead atoms. The van der Waals surface area contributed by atoms with E-state index in [2.05, 4.69) is 105 Å². The molecule has 0 radical (unpaired) electrons. The number of nitrogens with one attached hydrogen (secondary N) is 3. The van der Waals surface area contributed by atoms with Crippen LogP contribution in [0.4, 0.5) is 0 Å². The zero-order chi connectivity index (χ0) is 70.6. The average Bonchev–Trinajstić information content (AvgIpc) is 3.56. The molecule has 0 aromatic heterocycles. The molecule has 0 rings (SSSR count). The van der Waals surface area contributed by atoms with Gasteiger partial charge in [0, 0.05) is 84.2 Å². The summed E-state index contributed by atoms with van der Waals surface area (Å²) < 4.78 is 38.1. The van der Waals surface area contributed by atoms with Crippen LogP contribution in [0.2, 0.25) is 0 Å². The third-order valence-electron chi connectivity index (χ3n) is 6.76. The number of methoxy groups -OCH3 is 9. The molecule has 0 heterocycles. The van der Waals surface area contributed by atoms with E-state index in [0.717, 1.165) is 135 Å². The van der Waals surface area contributed by atoms with Gasteiger partial charge in [0.1, 0.15) is 0 Å². The largest absolute Gasteiger partial charge is 0.468 e. The molecule has 0 aromatic carbocycles. The van der Waals surface area contributed by atoms with Gasteiger partial charge in [-0.15, -0.1) is 0 Å². The van der Waals surface area contributed by atoms with Crippen molar-refractivity contribution in [3.8, 4) is 0 Å². The molecular formula is C57H115ClN4O26. The number of allylic oxidation sites excluding steroid dienone is 1. The summed E-state index contributed by atoms with van der Waals surface area (Å²) in [6.07, 6.45) is 14.5. The lowest BCUT2D eigenvalue weighted by molar-refractivity contribution is -0.140. The number of aliphatic hydroxyl groups excluding tert-OH is 7. The minimum absolute atomic E-state index is 0. The van der Waals surface area contributed by atoms with Crippen molar-refractivity contribution in [3.05, 3.63) is 88.6 Å². The molecule has 12 N–H and O–H groups in total. The molecule has 0 unspecified atom stereocenters. The van der Waals surface area contributed by atoms with Crippen LogP contribution < -0.4 is 21.7 Å². The third kappa shape index (κ3) is 200. The Morgan fingerprint density at radius 2 is 0.500 bits per heavy atom. The first-order valence-electron chi connectivity index (χ1n) is 24.8. The van der Waals surface area contributed by atoms with Crippen LogP contribution in [-0.4, -0.2) is 252 Å². The van der Waals surface area contributed by atoms with Gasteiger partial charge in [-0.1, -0.05) is 60.9 Å². The van der Waals surface area contributed by atoms with Crippen molar-refractivity contribution in [1.29, 1.82) is 0 Å². The maximum atomic E-state index is 10.5. The lowest BCUT2D eigenvalue weighted by Gasteiger charge is -2.01. The summed E-state index contributed by atoms with van der Waals surface area (Å²) in [5, 5.41) is 62.5. The maximum Gasteiger partial charge on any atom is 0.329 e. The molecule has 0 aromatic rings. The molecule has 0 atom stereocenters. The molecule has 0 aliphatic rings. The minimum Gasteiger partial charge on any atom is -0.468 e. The van der Waals surface area contributed by atoms with Crippen molar-refractivity contribution >= 4 is 70.6 Å². The fraction of sp³-hybridized carbons (Fsp3) is 0.579. The first-order valence-corrected chi connectivity index (χ1v) is 25.2. The van der Waals surface area contributed by atoms with Gasteiger partial charge < -0.3 is 100 Å². The van der Waals surface area contributed by atoms with Gasteiger partial charge in [-0.05, 0) is 95.2 Å². The Hall–Kier alpha value is -7.07. The zero-order valence-electron chi connectivity index (χ0n) is 52.8. The van der Waals surface area contributed by atoms with Gasteiger partial charge in [0.15, 0.2) is 0 Å². The van der Waals surface area contributed by atoms with E-state index in [9.17, 15) is 47.9 Å². The van der Waals surface area contributed by atoms with Crippen molar-refractivity contribution in [1.82, 2.24) is 16.0 Å². The van der Waals surface area contributed by atoms with Gasteiger partial charge in [-0.3, -0.25) is 19.2 Å². The van der Waals surface area contributed by atoms with Gasteiger partial charge in [0.05, 0.1) is 83.6 Å². The van der Waals surface area contributed by atoms with Crippen molar-refractivity contribution in [3.63, 3.8) is 0 Å². The molecule has 30 nitrogen and oxygen atoms in total. The van der Waals surface area contributed by atoms with Crippen molar-refractivity contribution in [2.45, 2.75) is 66.2 Å². The second kappa shape index (κ2) is 134.